The highest BCUT2D eigenvalue weighted by atomic mass is 127. The van der Waals surface area contributed by atoms with Crippen LogP contribution >= 0.6 is 38.5 Å². The Morgan fingerprint density at radius 3 is 2.69 bits per heavy atom. The SMILES string of the molecule is O=[N+]([O-])c1cc(Br)cc(-c2nnc(I)o2)c1. The van der Waals surface area contributed by atoms with Crippen molar-refractivity contribution < 1.29 is 9.34 Å². The Hall–Kier alpha value is -1.03. The molecule has 2 rings (SSSR count). The van der Waals surface area contributed by atoms with E-state index < -0.39 is 4.92 Å². The maximum absolute atomic E-state index is 10.7. The van der Waals surface area contributed by atoms with Crippen molar-refractivity contribution in [2.45, 2.75) is 0 Å². The Kier molecular flexibility index (Phi) is 3.19. The van der Waals surface area contributed by atoms with Crippen molar-refractivity contribution in [3.63, 3.8) is 0 Å². The number of hydrogen-bond acceptors (Lipinski definition) is 5. The summed E-state index contributed by atoms with van der Waals surface area (Å²) in [6, 6.07) is 4.47. The van der Waals surface area contributed by atoms with Crippen LogP contribution in [0.25, 0.3) is 11.5 Å². The minimum Gasteiger partial charge on any atom is -0.412 e. The van der Waals surface area contributed by atoms with Gasteiger partial charge in [-0.3, -0.25) is 10.1 Å². The third-order valence-corrected chi connectivity index (χ3v) is 2.63. The fourth-order valence-electron chi connectivity index (χ4n) is 1.13. The monoisotopic (exact) mass is 395 g/mol. The fraction of sp³-hybridized carbons (Fsp3) is 0. The summed E-state index contributed by atoms with van der Waals surface area (Å²) in [7, 11) is 0. The van der Waals surface area contributed by atoms with E-state index in [0.717, 1.165) is 0 Å². The van der Waals surface area contributed by atoms with Gasteiger partial charge in [-0.05, 0) is 6.07 Å². The molecule has 8 heteroatoms. The Labute approximate surface area is 111 Å². The van der Waals surface area contributed by atoms with Crippen LogP contribution in [0.5, 0.6) is 0 Å². The summed E-state index contributed by atoms with van der Waals surface area (Å²) in [5.41, 5.74) is 0.481. The summed E-state index contributed by atoms with van der Waals surface area (Å²) in [5, 5.41) is 18.1. The van der Waals surface area contributed by atoms with Crippen LogP contribution in [0.4, 0.5) is 5.69 Å². The standard InChI is InChI=1S/C8H3BrIN3O3/c9-5-1-4(2-6(3-5)13(14)15)7-11-12-8(10)16-7/h1-3H. The van der Waals surface area contributed by atoms with E-state index in [0.29, 0.717) is 13.9 Å². The van der Waals surface area contributed by atoms with Gasteiger partial charge in [-0.15, -0.1) is 10.2 Å². The van der Waals surface area contributed by atoms with Crippen LogP contribution in [0, 0.1) is 14.0 Å². The van der Waals surface area contributed by atoms with Crippen molar-refractivity contribution in [3.05, 3.63) is 36.7 Å². The van der Waals surface area contributed by atoms with Gasteiger partial charge in [-0.1, -0.05) is 15.9 Å². The van der Waals surface area contributed by atoms with E-state index in [1.165, 1.54) is 12.1 Å². The molecule has 0 saturated carbocycles. The lowest BCUT2D eigenvalue weighted by molar-refractivity contribution is -0.384. The molecule has 0 radical (unpaired) electrons. The summed E-state index contributed by atoms with van der Waals surface area (Å²) >= 11 is 5.06. The number of nitro benzene ring substituents is 1. The third-order valence-electron chi connectivity index (χ3n) is 1.74. The van der Waals surface area contributed by atoms with Crippen molar-refractivity contribution >= 4 is 44.2 Å². The fourth-order valence-corrected chi connectivity index (χ4v) is 1.92. The molecule has 1 heterocycles. The smallest absolute Gasteiger partial charge is 0.278 e. The predicted molar refractivity (Wildman–Crippen MR) is 66.8 cm³/mol. The zero-order valence-electron chi connectivity index (χ0n) is 7.55. The van der Waals surface area contributed by atoms with Gasteiger partial charge in [0.2, 0.25) is 5.89 Å². The van der Waals surface area contributed by atoms with Crippen LogP contribution in [-0.4, -0.2) is 15.1 Å². The molecule has 0 amide bonds. The van der Waals surface area contributed by atoms with Crippen molar-refractivity contribution in [2.24, 2.45) is 0 Å². The van der Waals surface area contributed by atoms with Crippen LogP contribution in [0.3, 0.4) is 0 Å². The maximum atomic E-state index is 10.7. The molecule has 16 heavy (non-hydrogen) atoms. The van der Waals surface area contributed by atoms with Crippen molar-refractivity contribution in [2.75, 3.05) is 0 Å². The van der Waals surface area contributed by atoms with Gasteiger partial charge >= 0.3 is 0 Å². The van der Waals surface area contributed by atoms with E-state index in [4.69, 9.17) is 4.42 Å². The van der Waals surface area contributed by atoms with Gasteiger partial charge < -0.3 is 4.42 Å². The molecule has 0 unspecified atom stereocenters. The number of nitrogens with zero attached hydrogens (tertiary/aromatic N) is 3. The average molecular weight is 396 g/mol. The number of aromatic nitrogens is 2. The molecule has 6 nitrogen and oxygen atoms in total. The molecule has 0 spiro atoms. The molecule has 0 atom stereocenters. The second-order valence-electron chi connectivity index (χ2n) is 2.82. The average Bonchev–Trinajstić information content (AvgIpc) is 2.64. The molecular weight excluding hydrogens is 393 g/mol. The number of non-ortho nitro benzene ring substituents is 1. The molecular formula is C8H3BrIN3O3. The van der Waals surface area contributed by atoms with Crippen molar-refractivity contribution in [1.82, 2.24) is 10.2 Å². The first-order chi connectivity index (χ1) is 7.56. The van der Waals surface area contributed by atoms with Crippen LogP contribution < -0.4 is 0 Å². The number of rotatable bonds is 2. The largest absolute Gasteiger partial charge is 0.412 e. The quantitative estimate of drug-likeness (QED) is 0.443. The van der Waals surface area contributed by atoms with E-state index in [1.807, 2.05) is 22.6 Å². The van der Waals surface area contributed by atoms with Gasteiger partial charge in [-0.25, -0.2) is 0 Å². The van der Waals surface area contributed by atoms with Crippen molar-refractivity contribution in [1.29, 1.82) is 0 Å². The maximum Gasteiger partial charge on any atom is 0.278 e. The summed E-state index contributed by atoms with van der Waals surface area (Å²) in [5.74, 6) is 0.258. The van der Waals surface area contributed by atoms with Gasteiger partial charge in [0.05, 0.1) is 4.92 Å². The number of benzene rings is 1. The first-order valence-corrected chi connectivity index (χ1v) is 5.88. The Morgan fingerprint density at radius 1 is 1.38 bits per heavy atom. The summed E-state index contributed by atoms with van der Waals surface area (Å²) in [6.07, 6.45) is 0. The minimum atomic E-state index is -0.477. The molecule has 82 valence electrons. The molecule has 0 N–H and O–H groups in total. The van der Waals surface area contributed by atoms with Gasteiger partial charge in [0.25, 0.3) is 9.58 Å². The Bertz CT molecular complexity index is 557. The van der Waals surface area contributed by atoms with E-state index >= 15 is 0 Å². The molecule has 0 aliphatic heterocycles. The zero-order valence-corrected chi connectivity index (χ0v) is 11.3. The summed E-state index contributed by atoms with van der Waals surface area (Å²) in [4.78, 5) is 10.2. The lowest BCUT2D eigenvalue weighted by Gasteiger charge is -1.97. The lowest BCUT2D eigenvalue weighted by atomic mass is 10.2. The highest BCUT2D eigenvalue weighted by Crippen LogP contribution is 2.27. The zero-order chi connectivity index (χ0) is 11.7. The van der Waals surface area contributed by atoms with Gasteiger partial charge in [-0.2, -0.15) is 0 Å². The van der Waals surface area contributed by atoms with Crippen LogP contribution in [0.15, 0.2) is 27.1 Å². The number of hydrogen-bond donors (Lipinski definition) is 0. The highest BCUT2D eigenvalue weighted by Gasteiger charge is 2.13. The predicted octanol–water partition coefficient (Wildman–Crippen LogP) is 3.01. The lowest BCUT2D eigenvalue weighted by Crippen LogP contribution is -1.89. The molecule has 0 fully saturated rings. The van der Waals surface area contributed by atoms with E-state index in [1.54, 1.807) is 6.07 Å². The van der Waals surface area contributed by atoms with Gasteiger partial charge in [0.15, 0.2) is 0 Å². The first kappa shape index (κ1) is 11.5. The van der Waals surface area contributed by atoms with Gasteiger partial charge in [0.1, 0.15) is 0 Å². The normalized spacial score (nSPS) is 10.4. The molecule has 1 aromatic heterocycles. The molecule has 0 aliphatic rings. The van der Waals surface area contributed by atoms with Crippen LogP contribution in [-0.2, 0) is 0 Å². The molecule has 0 aliphatic carbocycles. The number of halogens is 2. The molecule has 0 bridgehead atoms. The second-order valence-corrected chi connectivity index (χ2v) is 4.65. The Morgan fingerprint density at radius 2 is 2.12 bits per heavy atom. The van der Waals surface area contributed by atoms with Gasteiger partial charge in [0, 0.05) is 44.8 Å². The first-order valence-electron chi connectivity index (χ1n) is 4.00. The summed E-state index contributed by atoms with van der Waals surface area (Å²) in [6.45, 7) is 0. The van der Waals surface area contributed by atoms with E-state index in [2.05, 4.69) is 26.1 Å². The Balaban J connectivity index is 2.53. The topological polar surface area (TPSA) is 82.1 Å². The molecule has 0 saturated heterocycles. The molecule has 1 aromatic carbocycles. The number of nitro groups is 1. The highest BCUT2D eigenvalue weighted by molar-refractivity contribution is 14.1. The summed E-state index contributed by atoms with van der Waals surface area (Å²) < 4.78 is 6.15. The molecule has 2 aromatic rings. The minimum absolute atomic E-state index is 0.0300. The van der Waals surface area contributed by atoms with Crippen LogP contribution in [0.2, 0.25) is 0 Å². The van der Waals surface area contributed by atoms with E-state index in [-0.39, 0.29) is 11.6 Å². The van der Waals surface area contributed by atoms with E-state index in [9.17, 15) is 10.1 Å². The van der Waals surface area contributed by atoms with Crippen LogP contribution in [0.1, 0.15) is 0 Å². The second kappa shape index (κ2) is 4.45. The third kappa shape index (κ3) is 2.38. The van der Waals surface area contributed by atoms with Crippen molar-refractivity contribution in [3.8, 4) is 11.5 Å².